The van der Waals surface area contributed by atoms with E-state index in [0.717, 1.165) is 10.9 Å². The zero-order valence-corrected chi connectivity index (χ0v) is 6.50. The molecule has 1 aromatic carbocycles. The molecule has 2 aromatic rings. The first-order valence-electron chi connectivity index (χ1n) is 3.71. The van der Waals surface area contributed by atoms with Crippen molar-refractivity contribution in [3.8, 4) is 0 Å². The van der Waals surface area contributed by atoms with Crippen molar-refractivity contribution in [2.45, 2.75) is 0 Å². The van der Waals surface area contributed by atoms with Gasteiger partial charge < -0.3 is 4.98 Å². The van der Waals surface area contributed by atoms with Crippen LogP contribution in [-0.4, -0.2) is 10.8 Å². The van der Waals surface area contributed by atoms with Crippen LogP contribution in [0.25, 0.3) is 10.9 Å². The average molecular weight is 158 g/mol. The van der Waals surface area contributed by atoms with Gasteiger partial charge in [-0.2, -0.15) is 0 Å². The Hall–Kier alpha value is -1.57. The van der Waals surface area contributed by atoms with Gasteiger partial charge in [0.15, 0.2) is 5.78 Å². The second kappa shape index (κ2) is 2.48. The third kappa shape index (κ3) is 1.01. The molecule has 0 aliphatic carbocycles. The zero-order chi connectivity index (χ0) is 8.55. The second-order valence-electron chi connectivity index (χ2n) is 2.70. The molecule has 2 rings (SSSR count). The number of carbonyl (C=O) groups is 1. The smallest absolute Gasteiger partial charge is 0.163 e. The Bertz CT molecular complexity index is 428. The van der Waals surface area contributed by atoms with Crippen molar-refractivity contribution in [1.82, 2.24) is 4.98 Å². The van der Waals surface area contributed by atoms with Gasteiger partial charge >= 0.3 is 0 Å². The van der Waals surface area contributed by atoms with Gasteiger partial charge in [-0.25, -0.2) is 0 Å². The van der Waals surface area contributed by atoms with E-state index in [1.807, 2.05) is 24.4 Å². The van der Waals surface area contributed by atoms with Crippen LogP contribution < -0.4 is 0 Å². The van der Waals surface area contributed by atoms with Gasteiger partial charge in [0.05, 0.1) is 0 Å². The van der Waals surface area contributed by atoms with Crippen LogP contribution in [0.5, 0.6) is 0 Å². The minimum absolute atomic E-state index is 0.141. The minimum Gasteiger partial charge on any atom is -0.361 e. The van der Waals surface area contributed by atoms with E-state index < -0.39 is 0 Å². The number of nitrogens with one attached hydrogen (secondary N) is 1. The van der Waals surface area contributed by atoms with Crippen LogP contribution >= 0.6 is 0 Å². The molecule has 0 atom stereocenters. The average Bonchev–Trinajstić information content (AvgIpc) is 2.49. The predicted octanol–water partition coefficient (Wildman–Crippen LogP) is 2.18. The fourth-order valence-electron chi connectivity index (χ4n) is 1.23. The molecule has 2 heteroatoms. The van der Waals surface area contributed by atoms with Crippen molar-refractivity contribution in [2.24, 2.45) is 0 Å². The van der Waals surface area contributed by atoms with Gasteiger partial charge in [0, 0.05) is 29.6 Å². The van der Waals surface area contributed by atoms with E-state index in [1.165, 1.54) is 0 Å². The topological polar surface area (TPSA) is 32.9 Å². The molecule has 0 saturated heterocycles. The number of benzene rings is 1. The summed E-state index contributed by atoms with van der Waals surface area (Å²) in [5.74, 6) is -0.141. The van der Waals surface area contributed by atoms with Crippen molar-refractivity contribution >= 4 is 16.7 Å². The summed E-state index contributed by atoms with van der Waals surface area (Å²) in [7, 11) is 0. The van der Waals surface area contributed by atoms with Crippen molar-refractivity contribution < 1.29 is 4.79 Å². The van der Waals surface area contributed by atoms with Crippen molar-refractivity contribution in [3.63, 3.8) is 0 Å². The Kier molecular flexibility index (Phi) is 1.47. The van der Waals surface area contributed by atoms with Crippen LogP contribution in [0.2, 0.25) is 0 Å². The normalized spacial score (nSPS) is 10.4. The first kappa shape index (κ1) is 7.10. The number of aromatic amines is 1. The van der Waals surface area contributed by atoms with Crippen LogP contribution in [0.15, 0.2) is 30.5 Å². The van der Waals surface area contributed by atoms with E-state index in [1.54, 1.807) is 6.07 Å². The third-order valence-corrected chi connectivity index (χ3v) is 1.88. The van der Waals surface area contributed by atoms with Gasteiger partial charge in [0.2, 0.25) is 0 Å². The van der Waals surface area contributed by atoms with Crippen molar-refractivity contribution in [1.29, 1.82) is 0 Å². The van der Waals surface area contributed by atoms with Crippen LogP contribution in [-0.2, 0) is 0 Å². The molecule has 59 valence electrons. The molecule has 0 unspecified atom stereocenters. The lowest BCUT2D eigenvalue weighted by Crippen LogP contribution is -1.90. The Morgan fingerprint density at radius 2 is 2.17 bits per heavy atom. The number of rotatable bonds is 1. The molecule has 0 bridgehead atoms. The molecule has 0 fully saturated rings. The quantitative estimate of drug-likeness (QED) is 0.634. The first-order chi connectivity index (χ1) is 5.77. The first-order valence-corrected chi connectivity index (χ1v) is 3.71. The van der Waals surface area contributed by atoms with E-state index in [-0.39, 0.29) is 5.78 Å². The predicted molar refractivity (Wildman–Crippen MR) is 48.0 cm³/mol. The molecule has 0 spiro atoms. The summed E-state index contributed by atoms with van der Waals surface area (Å²) < 4.78 is 0. The lowest BCUT2D eigenvalue weighted by molar-refractivity contribution is 0.104. The molecule has 0 amide bonds. The summed E-state index contributed by atoms with van der Waals surface area (Å²) in [5, 5.41) is 1.05. The van der Waals surface area contributed by atoms with Gasteiger partial charge in [-0.05, 0) is 24.3 Å². The highest BCUT2D eigenvalue weighted by molar-refractivity contribution is 6.02. The lowest BCUT2D eigenvalue weighted by Gasteiger charge is -1.94. The Balaban J connectivity index is 2.68. The number of fused-ring (bicyclic) bond motifs is 1. The maximum absolute atomic E-state index is 10.9. The third-order valence-electron chi connectivity index (χ3n) is 1.88. The highest BCUT2D eigenvalue weighted by Crippen LogP contribution is 2.14. The van der Waals surface area contributed by atoms with E-state index in [0.29, 0.717) is 5.56 Å². The molecule has 1 N–H and O–H groups in total. The second-order valence-corrected chi connectivity index (χ2v) is 2.70. The maximum atomic E-state index is 10.9. The largest absolute Gasteiger partial charge is 0.361 e. The highest BCUT2D eigenvalue weighted by atomic mass is 16.1. The summed E-state index contributed by atoms with van der Waals surface area (Å²) in [6.45, 7) is 3.35. The number of ketones is 1. The fourth-order valence-corrected chi connectivity index (χ4v) is 1.23. The number of hydrogen-bond donors (Lipinski definition) is 1. The van der Waals surface area contributed by atoms with Crippen LogP contribution in [0, 0.1) is 6.92 Å². The Morgan fingerprint density at radius 3 is 2.92 bits per heavy atom. The molecule has 1 radical (unpaired) electrons. The van der Waals surface area contributed by atoms with Gasteiger partial charge in [0.25, 0.3) is 0 Å². The van der Waals surface area contributed by atoms with Crippen LogP contribution in [0.1, 0.15) is 10.4 Å². The number of carbonyl (C=O) groups excluding carboxylic acids is 1. The molecule has 0 aliphatic rings. The van der Waals surface area contributed by atoms with E-state index >= 15 is 0 Å². The van der Waals surface area contributed by atoms with Gasteiger partial charge in [-0.3, -0.25) is 4.79 Å². The van der Waals surface area contributed by atoms with Crippen LogP contribution in [0.3, 0.4) is 0 Å². The molecule has 12 heavy (non-hydrogen) atoms. The summed E-state index contributed by atoms with van der Waals surface area (Å²) in [4.78, 5) is 13.9. The molecule has 0 saturated carbocycles. The van der Waals surface area contributed by atoms with Crippen molar-refractivity contribution in [2.75, 3.05) is 0 Å². The Morgan fingerprint density at radius 1 is 1.33 bits per heavy atom. The monoisotopic (exact) mass is 158 g/mol. The van der Waals surface area contributed by atoms with Gasteiger partial charge in [-0.1, -0.05) is 0 Å². The van der Waals surface area contributed by atoms with Crippen molar-refractivity contribution in [3.05, 3.63) is 42.9 Å². The number of aromatic nitrogens is 1. The van der Waals surface area contributed by atoms with Gasteiger partial charge in [0.1, 0.15) is 0 Å². The highest BCUT2D eigenvalue weighted by Gasteiger charge is 2.00. The summed E-state index contributed by atoms with van der Waals surface area (Å²) in [6.07, 6.45) is 1.85. The summed E-state index contributed by atoms with van der Waals surface area (Å²) >= 11 is 0. The van der Waals surface area contributed by atoms with E-state index in [2.05, 4.69) is 11.9 Å². The fraction of sp³-hybridized carbons (Fsp3) is 0. The van der Waals surface area contributed by atoms with E-state index in [9.17, 15) is 4.79 Å². The molecule has 2 nitrogen and oxygen atoms in total. The Labute approximate surface area is 70.2 Å². The standard InChI is InChI=1S/C10H8NO/c1-7(12)8-2-3-10-9(6-8)4-5-11-10/h2-6,11H,1H2. The van der Waals surface area contributed by atoms with E-state index in [4.69, 9.17) is 0 Å². The summed E-state index contributed by atoms with van der Waals surface area (Å²) in [5.41, 5.74) is 1.70. The molecular formula is C10H8NO. The summed E-state index contributed by atoms with van der Waals surface area (Å²) in [6, 6.07) is 7.42. The van der Waals surface area contributed by atoms with Crippen LogP contribution in [0.4, 0.5) is 0 Å². The molecule has 1 aromatic heterocycles. The zero-order valence-electron chi connectivity index (χ0n) is 6.50. The number of Topliss-reactive ketones (excluding diaryl/α,β-unsaturated/α-hetero) is 1. The molecule has 0 aliphatic heterocycles. The lowest BCUT2D eigenvalue weighted by atomic mass is 10.1. The maximum Gasteiger partial charge on any atom is 0.163 e. The number of hydrogen-bond acceptors (Lipinski definition) is 1. The number of H-pyrrole nitrogens is 1. The van der Waals surface area contributed by atoms with Gasteiger partial charge in [-0.15, -0.1) is 0 Å². The molecular weight excluding hydrogens is 150 g/mol. The molecule has 1 heterocycles. The SMILES string of the molecule is [CH2]C(=O)c1ccc2[nH]ccc2c1. The minimum atomic E-state index is -0.141.